The third-order valence-electron chi connectivity index (χ3n) is 1.86. The van der Waals surface area contributed by atoms with E-state index in [9.17, 15) is 4.79 Å². The van der Waals surface area contributed by atoms with Crippen LogP contribution in [0.3, 0.4) is 0 Å². The molecule has 0 spiro atoms. The third kappa shape index (κ3) is 5.68. The zero-order valence-corrected chi connectivity index (χ0v) is 11.5. The highest BCUT2D eigenvalue weighted by atomic mass is 35.5. The number of rotatable bonds is 3. The highest BCUT2D eigenvalue weighted by Gasteiger charge is 2.14. The van der Waals surface area contributed by atoms with Crippen LogP contribution in [0.2, 0.25) is 5.02 Å². The first-order chi connectivity index (χ1) is 8.38. The van der Waals surface area contributed by atoms with E-state index >= 15 is 0 Å². The number of ether oxygens (including phenoxy) is 1. The zero-order chi connectivity index (χ0) is 13.6. The van der Waals surface area contributed by atoms with Crippen LogP contribution in [0.25, 0.3) is 6.08 Å². The van der Waals surface area contributed by atoms with Gasteiger partial charge in [0.2, 0.25) is 0 Å². The molecule has 1 rings (SSSR count). The molecule has 0 saturated heterocycles. The fourth-order valence-corrected chi connectivity index (χ4v) is 1.35. The smallest absolute Gasteiger partial charge is 0.407 e. The van der Waals surface area contributed by atoms with E-state index < -0.39 is 11.7 Å². The number of hydrogen-bond acceptors (Lipinski definition) is 3. The Labute approximate surface area is 112 Å². The van der Waals surface area contributed by atoms with Crippen LogP contribution in [0.15, 0.2) is 24.5 Å². The van der Waals surface area contributed by atoms with Gasteiger partial charge in [-0.05, 0) is 32.4 Å². The molecule has 0 saturated carbocycles. The average Bonchev–Trinajstić information content (AvgIpc) is 2.24. The van der Waals surface area contributed by atoms with Crippen molar-refractivity contribution in [3.63, 3.8) is 0 Å². The molecule has 1 heterocycles. The summed E-state index contributed by atoms with van der Waals surface area (Å²) in [7, 11) is 0. The van der Waals surface area contributed by atoms with Crippen molar-refractivity contribution in [1.82, 2.24) is 10.3 Å². The van der Waals surface area contributed by atoms with Gasteiger partial charge in [0.25, 0.3) is 0 Å². The minimum atomic E-state index is -0.484. The standard InChI is InChI=1S/C13H17ClN2O2/c1-13(2,3)18-12(17)16-7-4-5-10-6-8-15-9-11(10)14/h4-6,8-9H,7H2,1-3H3,(H,16,17). The van der Waals surface area contributed by atoms with E-state index in [4.69, 9.17) is 16.3 Å². The van der Waals surface area contributed by atoms with Crippen LogP contribution >= 0.6 is 11.6 Å². The Balaban J connectivity index is 2.38. The number of halogens is 1. The fraction of sp³-hybridized carbons (Fsp3) is 0.385. The molecule has 1 aromatic heterocycles. The molecular weight excluding hydrogens is 252 g/mol. The minimum absolute atomic E-state index is 0.383. The molecule has 98 valence electrons. The Morgan fingerprint density at radius 1 is 1.56 bits per heavy atom. The molecule has 0 bridgehead atoms. The van der Waals surface area contributed by atoms with Gasteiger partial charge >= 0.3 is 6.09 Å². The lowest BCUT2D eigenvalue weighted by Gasteiger charge is -2.19. The van der Waals surface area contributed by atoms with Crippen LogP contribution in [0, 0.1) is 0 Å². The molecule has 0 aromatic carbocycles. The molecule has 0 aliphatic carbocycles. The van der Waals surface area contributed by atoms with Gasteiger partial charge in [-0.2, -0.15) is 0 Å². The summed E-state index contributed by atoms with van der Waals surface area (Å²) in [6.45, 7) is 5.84. The first-order valence-corrected chi connectivity index (χ1v) is 5.99. The summed E-state index contributed by atoms with van der Waals surface area (Å²) in [5, 5.41) is 3.20. The molecule has 0 radical (unpaired) electrons. The molecule has 0 unspecified atom stereocenters. The number of carbonyl (C=O) groups is 1. The van der Waals surface area contributed by atoms with Gasteiger partial charge in [-0.3, -0.25) is 4.98 Å². The summed E-state index contributed by atoms with van der Waals surface area (Å²) in [4.78, 5) is 15.2. The molecule has 1 amide bonds. The SMILES string of the molecule is CC(C)(C)OC(=O)NCC=Cc1ccncc1Cl. The van der Waals surface area contributed by atoms with Crippen molar-refractivity contribution in [1.29, 1.82) is 0 Å². The van der Waals surface area contributed by atoms with Crippen LogP contribution in [-0.2, 0) is 4.74 Å². The Morgan fingerprint density at radius 3 is 2.89 bits per heavy atom. The molecular formula is C13H17ClN2O2. The Morgan fingerprint density at radius 2 is 2.28 bits per heavy atom. The molecule has 1 N–H and O–H groups in total. The molecule has 0 aliphatic heterocycles. The molecule has 0 fully saturated rings. The second-order valence-corrected chi connectivity index (χ2v) is 5.09. The average molecular weight is 269 g/mol. The summed E-state index contributed by atoms with van der Waals surface area (Å²) in [6.07, 6.45) is 6.41. The third-order valence-corrected chi connectivity index (χ3v) is 2.18. The fourth-order valence-electron chi connectivity index (χ4n) is 1.16. The van der Waals surface area contributed by atoms with Crippen LogP contribution in [0.4, 0.5) is 4.79 Å². The van der Waals surface area contributed by atoms with Gasteiger partial charge in [-0.15, -0.1) is 0 Å². The Kier molecular flexibility index (Phi) is 5.16. The topological polar surface area (TPSA) is 51.2 Å². The van der Waals surface area contributed by atoms with E-state index in [-0.39, 0.29) is 0 Å². The Bertz CT molecular complexity index is 439. The quantitative estimate of drug-likeness (QED) is 0.915. The van der Waals surface area contributed by atoms with Crippen LogP contribution in [0.1, 0.15) is 26.3 Å². The number of alkyl carbamates (subject to hydrolysis) is 1. The first-order valence-electron chi connectivity index (χ1n) is 5.61. The van der Waals surface area contributed by atoms with E-state index in [0.29, 0.717) is 11.6 Å². The number of pyridine rings is 1. The second kappa shape index (κ2) is 6.40. The summed E-state index contributed by atoms with van der Waals surface area (Å²) >= 11 is 5.93. The first kappa shape index (κ1) is 14.5. The monoisotopic (exact) mass is 268 g/mol. The van der Waals surface area contributed by atoms with E-state index in [1.807, 2.05) is 26.8 Å². The number of hydrogen-bond donors (Lipinski definition) is 1. The maximum atomic E-state index is 11.3. The highest BCUT2D eigenvalue weighted by Crippen LogP contribution is 2.14. The normalized spacial score (nSPS) is 11.6. The van der Waals surface area contributed by atoms with Gasteiger partial charge in [0.05, 0.1) is 5.02 Å². The highest BCUT2D eigenvalue weighted by molar-refractivity contribution is 6.31. The van der Waals surface area contributed by atoms with Crippen LogP contribution < -0.4 is 5.32 Å². The van der Waals surface area contributed by atoms with Crippen molar-refractivity contribution < 1.29 is 9.53 Å². The van der Waals surface area contributed by atoms with Crippen molar-refractivity contribution in [3.8, 4) is 0 Å². The molecule has 5 heteroatoms. The number of carbonyl (C=O) groups excluding carboxylic acids is 1. The van der Waals surface area contributed by atoms with Gasteiger partial charge in [0.15, 0.2) is 0 Å². The zero-order valence-electron chi connectivity index (χ0n) is 10.7. The van der Waals surface area contributed by atoms with E-state index in [1.54, 1.807) is 24.5 Å². The van der Waals surface area contributed by atoms with Crippen LogP contribution in [0.5, 0.6) is 0 Å². The molecule has 18 heavy (non-hydrogen) atoms. The van der Waals surface area contributed by atoms with Gasteiger partial charge in [0.1, 0.15) is 5.60 Å². The lowest BCUT2D eigenvalue weighted by atomic mass is 10.2. The van der Waals surface area contributed by atoms with Crippen molar-refractivity contribution in [2.24, 2.45) is 0 Å². The number of nitrogens with one attached hydrogen (secondary N) is 1. The molecule has 0 aliphatic rings. The summed E-state index contributed by atoms with van der Waals surface area (Å²) < 4.78 is 5.09. The van der Waals surface area contributed by atoms with Gasteiger partial charge in [0, 0.05) is 18.9 Å². The van der Waals surface area contributed by atoms with Crippen molar-refractivity contribution in [3.05, 3.63) is 35.1 Å². The lowest BCUT2D eigenvalue weighted by Crippen LogP contribution is -2.32. The maximum Gasteiger partial charge on any atom is 0.407 e. The summed E-state index contributed by atoms with van der Waals surface area (Å²) in [5.41, 5.74) is 0.375. The van der Waals surface area contributed by atoms with E-state index in [2.05, 4.69) is 10.3 Å². The summed E-state index contributed by atoms with van der Waals surface area (Å²) in [6, 6.07) is 1.80. The minimum Gasteiger partial charge on any atom is -0.444 e. The van der Waals surface area contributed by atoms with Crippen molar-refractivity contribution in [2.45, 2.75) is 26.4 Å². The van der Waals surface area contributed by atoms with Gasteiger partial charge < -0.3 is 10.1 Å². The van der Waals surface area contributed by atoms with Gasteiger partial charge in [-0.25, -0.2) is 4.79 Å². The van der Waals surface area contributed by atoms with Crippen molar-refractivity contribution >= 4 is 23.8 Å². The molecule has 0 atom stereocenters. The van der Waals surface area contributed by atoms with E-state index in [1.165, 1.54) is 0 Å². The largest absolute Gasteiger partial charge is 0.444 e. The number of aromatic nitrogens is 1. The van der Waals surface area contributed by atoms with Crippen molar-refractivity contribution in [2.75, 3.05) is 6.54 Å². The maximum absolute atomic E-state index is 11.3. The predicted octanol–water partition coefficient (Wildman–Crippen LogP) is 3.27. The van der Waals surface area contributed by atoms with Crippen LogP contribution in [-0.4, -0.2) is 23.2 Å². The number of amides is 1. The predicted molar refractivity (Wildman–Crippen MR) is 72.5 cm³/mol. The lowest BCUT2D eigenvalue weighted by molar-refractivity contribution is 0.0534. The summed E-state index contributed by atoms with van der Waals surface area (Å²) in [5.74, 6) is 0. The van der Waals surface area contributed by atoms with E-state index in [0.717, 1.165) is 5.56 Å². The Hall–Kier alpha value is -1.55. The molecule has 4 nitrogen and oxygen atoms in total. The number of nitrogens with zero attached hydrogens (tertiary/aromatic N) is 1. The molecule has 1 aromatic rings. The second-order valence-electron chi connectivity index (χ2n) is 4.68. The van der Waals surface area contributed by atoms with Gasteiger partial charge in [-0.1, -0.05) is 23.8 Å².